The van der Waals surface area contributed by atoms with E-state index in [1.54, 1.807) is 31.0 Å². The molecule has 0 radical (unpaired) electrons. The first-order valence-corrected chi connectivity index (χ1v) is 10.8. The van der Waals surface area contributed by atoms with Gasteiger partial charge in [0.05, 0.1) is 19.1 Å². The molecule has 1 saturated heterocycles. The van der Waals surface area contributed by atoms with Gasteiger partial charge in [-0.05, 0) is 70.0 Å². The zero-order chi connectivity index (χ0) is 22.5. The molecule has 7 heteroatoms. The Labute approximate surface area is 183 Å². The third kappa shape index (κ3) is 5.16. The monoisotopic (exact) mass is 425 g/mol. The second-order valence-electron chi connectivity index (χ2n) is 8.07. The van der Waals surface area contributed by atoms with Crippen LogP contribution in [0.5, 0.6) is 0 Å². The number of aryl methyl sites for hydroxylation is 2. The second-order valence-corrected chi connectivity index (χ2v) is 8.07. The molecule has 0 aliphatic carbocycles. The number of hydrogen-bond acceptors (Lipinski definition) is 4. The number of carbonyl (C=O) groups excluding carboxylic acids is 3. The maximum atomic E-state index is 12.8. The number of esters is 1. The molecule has 0 N–H and O–H groups in total. The predicted molar refractivity (Wildman–Crippen MR) is 118 cm³/mol. The molecule has 1 aromatic heterocycles. The van der Waals surface area contributed by atoms with Crippen LogP contribution in [-0.2, 0) is 14.3 Å². The van der Waals surface area contributed by atoms with Gasteiger partial charge in [-0.3, -0.25) is 14.4 Å². The number of ether oxygens (including phenoxy) is 1. The third-order valence-electron chi connectivity index (χ3n) is 5.83. The largest absolute Gasteiger partial charge is 0.466 e. The highest BCUT2D eigenvalue weighted by Gasteiger charge is 2.29. The van der Waals surface area contributed by atoms with Gasteiger partial charge >= 0.3 is 5.97 Å². The molecule has 1 aliphatic heterocycles. The van der Waals surface area contributed by atoms with Gasteiger partial charge < -0.3 is 19.1 Å². The van der Waals surface area contributed by atoms with Crippen LogP contribution in [0.1, 0.15) is 41.5 Å². The molecular weight excluding hydrogens is 394 g/mol. The van der Waals surface area contributed by atoms with Crippen molar-refractivity contribution in [2.24, 2.45) is 5.92 Å². The van der Waals surface area contributed by atoms with Crippen LogP contribution in [-0.4, -0.2) is 65.4 Å². The smallest absolute Gasteiger partial charge is 0.309 e. The predicted octanol–water partition coefficient (Wildman–Crippen LogP) is 2.97. The zero-order valence-corrected chi connectivity index (χ0v) is 18.8. The van der Waals surface area contributed by atoms with Crippen molar-refractivity contribution < 1.29 is 19.1 Å². The Morgan fingerprint density at radius 2 is 1.58 bits per heavy atom. The number of hydrogen-bond donors (Lipinski definition) is 0. The van der Waals surface area contributed by atoms with Crippen LogP contribution in [0.3, 0.4) is 0 Å². The van der Waals surface area contributed by atoms with Gasteiger partial charge in [0.2, 0.25) is 5.91 Å². The first-order chi connectivity index (χ1) is 14.8. The Kier molecular flexibility index (Phi) is 7.15. The number of amides is 2. The van der Waals surface area contributed by atoms with Gasteiger partial charge in [-0.15, -0.1) is 0 Å². The van der Waals surface area contributed by atoms with Gasteiger partial charge in [0.15, 0.2) is 0 Å². The minimum absolute atomic E-state index is 0.0144. The Bertz CT molecular complexity index is 921. The summed E-state index contributed by atoms with van der Waals surface area (Å²) in [6.45, 7) is 7.28. The van der Waals surface area contributed by atoms with E-state index in [9.17, 15) is 14.4 Å². The molecule has 31 heavy (non-hydrogen) atoms. The van der Waals surface area contributed by atoms with E-state index in [1.807, 2.05) is 26.0 Å². The van der Waals surface area contributed by atoms with E-state index in [1.165, 1.54) is 4.90 Å². The maximum absolute atomic E-state index is 12.8. The molecule has 0 saturated carbocycles. The molecule has 0 spiro atoms. The number of rotatable bonds is 6. The van der Waals surface area contributed by atoms with E-state index >= 15 is 0 Å². The van der Waals surface area contributed by atoms with E-state index in [4.69, 9.17) is 4.74 Å². The average Bonchev–Trinajstić information content (AvgIpc) is 3.11. The van der Waals surface area contributed by atoms with Crippen molar-refractivity contribution in [1.82, 2.24) is 14.4 Å². The lowest BCUT2D eigenvalue weighted by atomic mass is 9.97. The second kappa shape index (κ2) is 9.81. The van der Waals surface area contributed by atoms with Crippen LogP contribution in [0.25, 0.3) is 5.69 Å². The van der Waals surface area contributed by atoms with Gasteiger partial charge in [0, 0.05) is 42.8 Å². The van der Waals surface area contributed by atoms with E-state index in [2.05, 4.69) is 16.7 Å². The number of nitrogens with zero attached hydrogens (tertiary/aromatic N) is 3. The summed E-state index contributed by atoms with van der Waals surface area (Å²) in [6, 6.07) is 11.5. The number of likely N-dealkylation sites (tertiary alicyclic amines) is 1. The highest BCUT2D eigenvalue weighted by molar-refractivity contribution is 5.96. The van der Waals surface area contributed by atoms with Crippen LogP contribution in [0, 0.1) is 19.8 Å². The number of benzene rings is 1. The summed E-state index contributed by atoms with van der Waals surface area (Å²) in [6.07, 6.45) is 1.20. The fourth-order valence-electron chi connectivity index (χ4n) is 4.05. The van der Waals surface area contributed by atoms with Gasteiger partial charge in [-0.1, -0.05) is 0 Å². The Morgan fingerprint density at radius 3 is 2.13 bits per heavy atom. The maximum Gasteiger partial charge on any atom is 0.309 e. The Morgan fingerprint density at radius 1 is 1.00 bits per heavy atom. The molecule has 0 bridgehead atoms. The quantitative estimate of drug-likeness (QED) is 0.667. The van der Waals surface area contributed by atoms with E-state index in [0.29, 0.717) is 38.1 Å². The summed E-state index contributed by atoms with van der Waals surface area (Å²) in [4.78, 5) is 40.5. The highest BCUT2D eigenvalue weighted by Crippen LogP contribution is 2.20. The summed E-state index contributed by atoms with van der Waals surface area (Å²) in [5, 5.41) is 0. The molecule has 2 aromatic rings. The van der Waals surface area contributed by atoms with Crippen molar-refractivity contribution >= 4 is 17.8 Å². The van der Waals surface area contributed by atoms with E-state index in [-0.39, 0.29) is 30.2 Å². The SMILES string of the molecule is CCOC(=O)C1CCN(C(=O)CN(C)C(=O)c2ccc(-n3c(C)ccc3C)cc2)CC1. The molecule has 166 valence electrons. The zero-order valence-electron chi connectivity index (χ0n) is 18.8. The summed E-state index contributed by atoms with van der Waals surface area (Å²) in [7, 11) is 1.64. The lowest BCUT2D eigenvalue weighted by molar-refractivity contribution is -0.151. The number of carbonyl (C=O) groups is 3. The van der Waals surface area contributed by atoms with Crippen LogP contribution in [0.2, 0.25) is 0 Å². The summed E-state index contributed by atoms with van der Waals surface area (Å²) in [5.74, 6) is -0.624. The summed E-state index contributed by atoms with van der Waals surface area (Å²) >= 11 is 0. The topological polar surface area (TPSA) is 71.8 Å². The molecule has 1 fully saturated rings. The van der Waals surface area contributed by atoms with E-state index < -0.39 is 0 Å². The van der Waals surface area contributed by atoms with Crippen molar-refractivity contribution in [3.05, 3.63) is 53.3 Å². The number of aromatic nitrogens is 1. The van der Waals surface area contributed by atoms with Crippen LogP contribution < -0.4 is 0 Å². The van der Waals surface area contributed by atoms with Crippen molar-refractivity contribution in [1.29, 1.82) is 0 Å². The normalized spacial score (nSPS) is 14.4. The van der Waals surface area contributed by atoms with Crippen LogP contribution >= 0.6 is 0 Å². The van der Waals surface area contributed by atoms with E-state index in [0.717, 1.165) is 17.1 Å². The Hall–Kier alpha value is -3.09. The minimum atomic E-state index is -0.192. The van der Waals surface area contributed by atoms with Gasteiger partial charge in [0.1, 0.15) is 0 Å². The average molecular weight is 426 g/mol. The molecule has 1 aromatic carbocycles. The van der Waals surface area contributed by atoms with Crippen molar-refractivity contribution in [2.45, 2.75) is 33.6 Å². The molecular formula is C24H31N3O4. The molecule has 3 rings (SSSR count). The minimum Gasteiger partial charge on any atom is -0.466 e. The molecule has 2 amide bonds. The van der Waals surface area contributed by atoms with Crippen molar-refractivity contribution in [3.63, 3.8) is 0 Å². The lowest BCUT2D eigenvalue weighted by Crippen LogP contribution is -2.45. The van der Waals surface area contributed by atoms with Crippen LogP contribution in [0.4, 0.5) is 0 Å². The van der Waals surface area contributed by atoms with Crippen LogP contribution in [0.15, 0.2) is 36.4 Å². The van der Waals surface area contributed by atoms with Gasteiger partial charge in [0.25, 0.3) is 5.91 Å². The standard InChI is InChI=1S/C24H31N3O4/c1-5-31-24(30)20-12-14-26(15-13-20)22(28)16-25(4)23(29)19-8-10-21(11-9-19)27-17(2)6-7-18(27)3/h6-11,20H,5,12-16H2,1-4H3. The van der Waals surface area contributed by atoms with Gasteiger partial charge in [-0.25, -0.2) is 0 Å². The first kappa shape index (κ1) is 22.6. The molecule has 0 unspecified atom stereocenters. The fourth-order valence-corrected chi connectivity index (χ4v) is 4.05. The number of piperidine rings is 1. The molecule has 7 nitrogen and oxygen atoms in total. The van der Waals surface area contributed by atoms with Crippen molar-refractivity contribution in [3.8, 4) is 5.69 Å². The first-order valence-electron chi connectivity index (χ1n) is 10.8. The summed E-state index contributed by atoms with van der Waals surface area (Å²) < 4.78 is 7.20. The van der Waals surface area contributed by atoms with Crippen molar-refractivity contribution in [2.75, 3.05) is 33.3 Å². The third-order valence-corrected chi connectivity index (χ3v) is 5.83. The Balaban J connectivity index is 1.56. The lowest BCUT2D eigenvalue weighted by Gasteiger charge is -2.32. The fraction of sp³-hybridized carbons (Fsp3) is 0.458. The molecule has 1 aliphatic rings. The molecule has 2 heterocycles. The van der Waals surface area contributed by atoms with Gasteiger partial charge in [-0.2, -0.15) is 0 Å². The summed E-state index contributed by atoms with van der Waals surface area (Å²) in [5.41, 5.74) is 3.80. The highest BCUT2D eigenvalue weighted by atomic mass is 16.5. The molecule has 0 atom stereocenters. The number of likely N-dealkylation sites (N-methyl/N-ethyl adjacent to an activating group) is 1.